The number of rotatable bonds is 6. The molecule has 0 saturated heterocycles. The zero-order chi connectivity index (χ0) is 15.3. The quantitative estimate of drug-likeness (QED) is 0.486. The van der Waals surface area contributed by atoms with Gasteiger partial charge < -0.3 is 0 Å². The fourth-order valence-corrected chi connectivity index (χ4v) is 3.47. The van der Waals surface area contributed by atoms with Gasteiger partial charge in [-0.1, -0.05) is 42.4 Å². The van der Waals surface area contributed by atoms with Gasteiger partial charge in [0.2, 0.25) is 0 Å². The maximum atomic E-state index is 4.22. The molecular weight excluding hydrogens is 240 g/mol. The third kappa shape index (κ3) is 4.23. The lowest BCUT2D eigenvalue weighted by molar-refractivity contribution is 0.169. The van der Waals surface area contributed by atoms with E-state index in [1.807, 2.05) is 0 Å². The minimum Gasteiger partial charge on any atom is -0.103 e. The van der Waals surface area contributed by atoms with E-state index in [4.69, 9.17) is 0 Å². The SMILES string of the molecule is C=C[C@]1(C)CC[C@H](/C(C)=C\CCC(=C)C)C[C@H]1C(=C)C. The van der Waals surface area contributed by atoms with Crippen LogP contribution in [0.1, 0.15) is 59.8 Å². The first kappa shape index (κ1) is 17.0. The van der Waals surface area contributed by atoms with Crippen LogP contribution in [0.5, 0.6) is 0 Å². The van der Waals surface area contributed by atoms with Crippen LogP contribution in [-0.2, 0) is 0 Å². The average molecular weight is 272 g/mol. The molecular formula is C20H32. The minimum absolute atomic E-state index is 0.236. The Morgan fingerprint density at radius 2 is 1.90 bits per heavy atom. The molecule has 0 aromatic heterocycles. The highest BCUT2D eigenvalue weighted by Crippen LogP contribution is 2.48. The molecule has 0 aromatic carbocycles. The van der Waals surface area contributed by atoms with E-state index in [1.54, 1.807) is 5.57 Å². The van der Waals surface area contributed by atoms with Gasteiger partial charge in [-0.25, -0.2) is 0 Å². The maximum absolute atomic E-state index is 4.22. The molecule has 1 fully saturated rings. The Bertz CT molecular complexity index is 410. The van der Waals surface area contributed by atoms with Crippen molar-refractivity contribution in [3.05, 3.63) is 48.6 Å². The standard InChI is InChI=1S/C20H32/c1-8-20(7)13-12-18(14-19(20)16(4)5)17(6)11-9-10-15(2)3/h8,11,18-19H,1-2,4,9-10,12-14H2,3,5-7H3/b17-11-/t18-,19-,20+/m0/s1. The van der Waals surface area contributed by atoms with Crippen LogP contribution in [-0.4, -0.2) is 0 Å². The van der Waals surface area contributed by atoms with Gasteiger partial charge in [-0.3, -0.25) is 0 Å². The summed E-state index contributed by atoms with van der Waals surface area (Å²) >= 11 is 0. The normalized spacial score (nSPS) is 30.9. The average Bonchev–Trinajstić information content (AvgIpc) is 2.38. The van der Waals surface area contributed by atoms with Crippen LogP contribution in [0, 0.1) is 17.3 Å². The Morgan fingerprint density at radius 3 is 2.40 bits per heavy atom. The van der Waals surface area contributed by atoms with Crippen LogP contribution in [0.4, 0.5) is 0 Å². The Balaban J connectivity index is 2.73. The molecule has 0 aromatic rings. The molecule has 0 N–H and O–H groups in total. The van der Waals surface area contributed by atoms with Gasteiger partial charge in [0.25, 0.3) is 0 Å². The fourth-order valence-electron chi connectivity index (χ4n) is 3.47. The molecule has 20 heavy (non-hydrogen) atoms. The van der Waals surface area contributed by atoms with E-state index in [1.165, 1.54) is 30.4 Å². The zero-order valence-electron chi connectivity index (χ0n) is 14.0. The van der Waals surface area contributed by atoms with Gasteiger partial charge in [0.1, 0.15) is 0 Å². The van der Waals surface area contributed by atoms with E-state index in [2.05, 4.69) is 59.6 Å². The van der Waals surface area contributed by atoms with Crippen LogP contribution in [0.25, 0.3) is 0 Å². The van der Waals surface area contributed by atoms with Crippen molar-refractivity contribution < 1.29 is 0 Å². The van der Waals surface area contributed by atoms with Crippen molar-refractivity contribution in [2.45, 2.75) is 59.8 Å². The highest BCUT2D eigenvalue weighted by Gasteiger charge is 2.38. The molecule has 112 valence electrons. The lowest BCUT2D eigenvalue weighted by Gasteiger charge is -2.43. The number of hydrogen-bond acceptors (Lipinski definition) is 0. The zero-order valence-corrected chi connectivity index (χ0v) is 14.0. The highest BCUT2D eigenvalue weighted by molar-refractivity contribution is 5.16. The Hall–Kier alpha value is -1.04. The number of allylic oxidation sites excluding steroid dienone is 5. The van der Waals surface area contributed by atoms with Crippen molar-refractivity contribution in [3.8, 4) is 0 Å². The molecule has 0 heterocycles. The Morgan fingerprint density at radius 1 is 1.25 bits per heavy atom. The topological polar surface area (TPSA) is 0 Å². The molecule has 0 nitrogen and oxygen atoms in total. The summed E-state index contributed by atoms with van der Waals surface area (Å²) in [6.07, 6.45) is 10.6. The molecule has 0 amide bonds. The van der Waals surface area contributed by atoms with Crippen LogP contribution < -0.4 is 0 Å². The molecule has 0 spiro atoms. The van der Waals surface area contributed by atoms with Gasteiger partial charge in [0.05, 0.1) is 0 Å². The summed E-state index contributed by atoms with van der Waals surface area (Å²) in [5, 5.41) is 0. The second-order valence-electron chi connectivity index (χ2n) is 7.02. The van der Waals surface area contributed by atoms with Gasteiger partial charge >= 0.3 is 0 Å². The summed E-state index contributed by atoms with van der Waals surface area (Å²) in [5.41, 5.74) is 4.38. The van der Waals surface area contributed by atoms with Crippen molar-refractivity contribution in [2.24, 2.45) is 17.3 Å². The second-order valence-corrected chi connectivity index (χ2v) is 7.02. The first-order valence-electron chi connectivity index (χ1n) is 7.90. The molecule has 1 rings (SSSR count). The molecule has 1 saturated carbocycles. The molecule has 3 atom stereocenters. The van der Waals surface area contributed by atoms with Crippen molar-refractivity contribution >= 4 is 0 Å². The molecule has 0 aliphatic heterocycles. The van der Waals surface area contributed by atoms with Crippen LogP contribution in [0.15, 0.2) is 48.6 Å². The van der Waals surface area contributed by atoms with E-state index >= 15 is 0 Å². The third-order valence-corrected chi connectivity index (χ3v) is 5.09. The summed E-state index contributed by atoms with van der Waals surface area (Å²) in [5.74, 6) is 1.29. The summed E-state index contributed by atoms with van der Waals surface area (Å²) < 4.78 is 0. The van der Waals surface area contributed by atoms with Crippen molar-refractivity contribution in [1.82, 2.24) is 0 Å². The predicted octanol–water partition coefficient (Wildman–Crippen LogP) is 6.47. The molecule has 0 unspecified atom stereocenters. The highest BCUT2D eigenvalue weighted by atomic mass is 14.4. The first-order valence-corrected chi connectivity index (χ1v) is 7.90. The van der Waals surface area contributed by atoms with Crippen molar-refractivity contribution in [3.63, 3.8) is 0 Å². The largest absolute Gasteiger partial charge is 0.103 e. The van der Waals surface area contributed by atoms with Crippen LogP contribution in [0.2, 0.25) is 0 Å². The monoisotopic (exact) mass is 272 g/mol. The Labute approximate surface area is 126 Å². The molecule has 0 radical (unpaired) electrons. The van der Waals surface area contributed by atoms with E-state index in [9.17, 15) is 0 Å². The summed E-state index contributed by atoms with van der Waals surface area (Å²) in [7, 11) is 0. The lowest BCUT2D eigenvalue weighted by atomic mass is 9.61. The van der Waals surface area contributed by atoms with E-state index < -0.39 is 0 Å². The fraction of sp³-hybridized carbons (Fsp3) is 0.600. The smallest absolute Gasteiger partial charge is 0.00836 e. The first-order chi connectivity index (χ1) is 9.30. The van der Waals surface area contributed by atoms with Gasteiger partial charge in [-0.05, 0) is 70.1 Å². The van der Waals surface area contributed by atoms with E-state index in [-0.39, 0.29) is 5.41 Å². The maximum Gasteiger partial charge on any atom is -0.00836 e. The lowest BCUT2D eigenvalue weighted by Crippen LogP contribution is -2.33. The summed E-state index contributed by atoms with van der Waals surface area (Å²) in [6, 6.07) is 0. The van der Waals surface area contributed by atoms with E-state index in [0.717, 1.165) is 18.8 Å². The van der Waals surface area contributed by atoms with Gasteiger partial charge in [-0.15, -0.1) is 13.2 Å². The molecule has 0 heteroatoms. The van der Waals surface area contributed by atoms with Crippen LogP contribution >= 0.6 is 0 Å². The second kappa shape index (κ2) is 7.11. The molecule has 0 bridgehead atoms. The van der Waals surface area contributed by atoms with E-state index in [0.29, 0.717) is 5.92 Å². The van der Waals surface area contributed by atoms with Crippen molar-refractivity contribution in [1.29, 1.82) is 0 Å². The predicted molar refractivity (Wildman–Crippen MR) is 91.8 cm³/mol. The Kier molecular flexibility index (Phi) is 6.05. The van der Waals surface area contributed by atoms with Crippen LogP contribution in [0.3, 0.4) is 0 Å². The molecule has 1 aliphatic carbocycles. The van der Waals surface area contributed by atoms with Gasteiger partial charge in [-0.2, -0.15) is 0 Å². The summed E-state index contributed by atoms with van der Waals surface area (Å²) in [6.45, 7) is 21.2. The third-order valence-electron chi connectivity index (χ3n) is 5.09. The van der Waals surface area contributed by atoms with Gasteiger partial charge in [0.15, 0.2) is 0 Å². The van der Waals surface area contributed by atoms with Gasteiger partial charge in [0, 0.05) is 0 Å². The van der Waals surface area contributed by atoms with Crippen molar-refractivity contribution in [2.75, 3.05) is 0 Å². The molecule has 1 aliphatic rings. The minimum atomic E-state index is 0.236. The number of hydrogen-bond donors (Lipinski definition) is 0. The summed E-state index contributed by atoms with van der Waals surface area (Å²) in [4.78, 5) is 0.